The second kappa shape index (κ2) is 9.74. The second-order valence-electron chi connectivity index (χ2n) is 6.23. The lowest BCUT2D eigenvalue weighted by Crippen LogP contribution is -2.21. The van der Waals surface area contributed by atoms with Crippen molar-refractivity contribution in [2.24, 2.45) is 5.92 Å². The number of carbonyl (C=O) groups excluding carboxylic acids is 2. The summed E-state index contributed by atoms with van der Waals surface area (Å²) in [6, 6.07) is 8.70. The smallest absolute Gasteiger partial charge is 0.341 e. The minimum atomic E-state index is -0.444. The van der Waals surface area contributed by atoms with Crippen LogP contribution >= 0.6 is 11.3 Å². The normalized spacial score (nSPS) is 10.3. The van der Waals surface area contributed by atoms with Gasteiger partial charge < -0.3 is 14.8 Å². The molecule has 2 aromatic rings. The first-order valence-electron chi connectivity index (χ1n) is 8.65. The molecule has 0 atom stereocenters. The highest BCUT2D eigenvalue weighted by molar-refractivity contribution is 7.15. The van der Waals surface area contributed by atoms with E-state index < -0.39 is 11.9 Å². The summed E-state index contributed by atoms with van der Waals surface area (Å²) in [5.41, 5.74) is 1.62. The number of para-hydroxylation sites is 1. The van der Waals surface area contributed by atoms with Gasteiger partial charge in [0, 0.05) is 0 Å². The molecule has 27 heavy (non-hydrogen) atoms. The summed E-state index contributed by atoms with van der Waals surface area (Å²) in [5.74, 6) is -0.152. The first kappa shape index (κ1) is 20.5. The van der Waals surface area contributed by atoms with Gasteiger partial charge in [0.05, 0.1) is 17.7 Å². The monoisotopic (exact) mass is 386 g/mol. The number of carbonyl (C=O) groups is 2. The number of hydrogen-bond donors (Lipinski definition) is 1. The molecule has 1 aromatic carbocycles. The van der Waals surface area contributed by atoms with Crippen LogP contribution in [0.4, 0.5) is 5.00 Å². The highest BCUT2D eigenvalue weighted by Gasteiger charge is 2.22. The molecule has 0 aliphatic rings. The third kappa shape index (κ3) is 5.56. The molecule has 0 bridgehead atoms. The standard InChI is InChI=1S/C20H22N2O4S/c1-4-25-20(24)18-15(9-13(2)3)12-27-19(18)22-17(23)11-26-16-8-6-5-7-14(16)10-21/h5-8,12-13H,4,9,11H2,1-3H3,(H,22,23). The Balaban J connectivity index is 2.11. The van der Waals surface area contributed by atoms with Crippen LogP contribution < -0.4 is 10.1 Å². The maximum atomic E-state index is 12.3. The molecule has 7 heteroatoms. The van der Waals surface area contributed by atoms with E-state index in [0.717, 1.165) is 5.56 Å². The number of hydrogen-bond acceptors (Lipinski definition) is 6. The lowest BCUT2D eigenvalue weighted by atomic mass is 10.0. The molecule has 1 N–H and O–H groups in total. The van der Waals surface area contributed by atoms with Crippen LogP contribution in [0.25, 0.3) is 0 Å². The van der Waals surface area contributed by atoms with E-state index in [-0.39, 0.29) is 13.2 Å². The van der Waals surface area contributed by atoms with Crippen molar-refractivity contribution in [1.82, 2.24) is 0 Å². The average molecular weight is 386 g/mol. The van der Waals surface area contributed by atoms with Gasteiger partial charge in [-0.15, -0.1) is 11.3 Å². The van der Waals surface area contributed by atoms with Gasteiger partial charge in [0.2, 0.25) is 0 Å². The SMILES string of the molecule is CCOC(=O)c1c(CC(C)C)csc1NC(=O)COc1ccccc1C#N. The molecule has 6 nitrogen and oxygen atoms in total. The number of thiophene rings is 1. The number of benzene rings is 1. The van der Waals surface area contributed by atoms with E-state index in [2.05, 4.69) is 19.2 Å². The first-order valence-corrected chi connectivity index (χ1v) is 9.53. The van der Waals surface area contributed by atoms with Crippen molar-refractivity contribution in [2.45, 2.75) is 27.2 Å². The Morgan fingerprint density at radius 3 is 2.70 bits per heavy atom. The van der Waals surface area contributed by atoms with Crippen molar-refractivity contribution < 1.29 is 19.1 Å². The van der Waals surface area contributed by atoms with E-state index >= 15 is 0 Å². The zero-order chi connectivity index (χ0) is 19.8. The van der Waals surface area contributed by atoms with E-state index in [9.17, 15) is 9.59 Å². The lowest BCUT2D eigenvalue weighted by molar-refractivity contribution is -0.118. The Bertz CT molecular complexity index is 852. The summed E-state index contributed by atoms with van der Waals surface area (Å²) in [4.78, 5) is 24.6. The van der Waals surface area contributed by atoms with Gasteiger partial charge in [0.25, 0.3) is 5.91 Å². The fourth-order valence-electron chi connectivity index (χ4n) is 2.49. The van der Waals surface area contributed by atoms with Crippen LogP contribution in [-0.2, 0) is 16.0 Å². The van der Waals surface area contributed by atoms with E-state index in [4.69, 9.17) is 14.7 Å². The van der Waals surface area contributed by atoms with Gasteiger partial charge in [0.15, 0.2) is 6.61 Å². The van der Waals surface area contributed by atoms with Crippen LogP contribution in [0.3, 0.4) is 0 Å². The Morgan fingerprint density at radius 2 is 2.04 bits per heavy atom. The zero-order valence-electron chi connectivity index (χ0n) is 15.6. The molecular weight excluding hydrogens is 364 g/mol. The minimum Gasteiger partial charge on any atom is -0.482 e. The van der Waals surface area contributed by atoms with Gasteiger partial charge >= 0.3 is 5.97 Å². The van der Waals surface area contributed by atoms with E-state index in [1.165, 1.54) is 11.3 Å². The second-order valence-corrected chi connectivity index (χ2v) is 7.11. The van der Waals surface area contributed by atoms with E-state index in [1.807, 2.05) is 11.4 Å². The number of nitriles is 1. The number of nitrogens with one attached hydrogen (secondary N) is 1. The summed E-state index contributed by atoms with van der Waals surface area (Å²) in [7, 11) is 0. The fourth-order valence-corrected chi connectivity index (χ4v) is 3.47. The zero-order valence-corrected chi connectivity index (χ0v) is 16.4. The molecule has 0 unspecified atom stereocenters. The van der Waals surface area contributed by atoms with Crippen LogP contribution in [-0.4, -0.2) is 25.1 Å². The molecule has 0 spiro atoms. The molecule has 0 aliphatic heterocycles. The van der Waals surface area contributed by atoms with Gasteiger partial charge in [-0.05, 0) is 42.3 Å². The molecule has 2 rings (SSSR count). The third-order valence-corrected chi connectivity index (χ3v) is 4.54. The van der Waals surface area contributed by atoms with Gasteiger partial charge in [-0.25, -0.2) is 4.79 Å². The summed E-state index contributed by atoms with van der Waals surface area (Å²) < 4.78 is 10.6. The Morgan fingerprint density at radius 1 is 1.30 bits per heavy atom. The summed E-state index contributed by atoms with van der Waals surface area (Å²) >= 11 is 1.29. The van der Waals surface area contributed by atoms with E-state index in [1.54, 1.807) is 31.2 Å². The molecule has 1 heterocycles. The molecule has 0 radical (unpaired) electrons. The molecule has 0 saturated heterocycles. The largest absolute Gasteiger partial charge is 0.482 e. The van der Waals surface area contributed by atoms with Gasteiger partial charge in [-0.1, -0.05) is 26.0 Å². The fraction of sp³-hybridized carbons (Fsp3) is 0.350. The molecule has 0 saturated carbocycles. The van der Waals surface area contributed by atoms with Crippen LogP contribution in [0.5, 0.6) is 5.75 Å². The van der Waals surface area contributed by atoms with Crippen molar-refractivity contribution >= 4 is 28.2 Å². The van der Waals surface area contributed by atoms with Crippen molar-refractivity contribution in [3.8, 4) is 11.8 Å². The van der Waals surface area contributed by atoms with E-state index in [0.29, 0.717) is 34.2 Å². The lowest BCUT2D eigenvalue weighted by Gasteiger charge is -2.10. The molecule has 1 aromatic heterocycles. The van der Waals surface area contributed by atoms with Gasteiger partial charge in [-0.3, -0.25) is 4.79 Å². The minimum absolute atomic E-state index is 0.261. The third-order valence-electron chi connectivity index (χ3n) is 3.59. The highest BCUT2D eigenvalue weighted by Crippen LogP contribution is 2.31. The number of nitrogens with zero attached hydrogens (tertiary/aromatic N) is 1. The van der Waals surface area contributed by atoms with Crippen molar-refractivity contribution in [2.75, 3.05) is 18.5 Å². The van der Waals surface area contributed by atoms with Gasteiger partial charge in [-0.2, -0.15) is 5.26 Å². The van der Waals surface area contributed by atoms with Crippen molar-refractivity contribution in [3.63, 3.8) is 0 Å². The predicted octanol–water partition coefficient (Wildman–Crippen LogP) is 4.01. The van der Waals surface area contributed by atoms with Crippen LogP contribution in [0, 0.1) is 17.2 Å². The number of rotatable bonds is 8. The quantitative estimate of drug-likeness (QED) is 0.693. The molecular formula is C20H22N2O4S. The van der Waals surface area contributed by atoms with Crippen molar-refractivity contribution in [1.29, 1.82) is 5.26 Å². The summed E-state index contributed by atoms with van der Waals surface area (Å²) in [5, 5.41) is 14.1. The molecule has 0 aliphatic carbocycles. The number of ether oxygens (including phenoxy) is 2. The van der Waals surface area contributed by atoms with Crippen LogP contribution in [0.2, 0.25) is 0 Å². The maximum Gasteiger partial charge on any atom is 0.341 e. The van der Waals surface area contributed by atoms with Crippen LogP contribution in [0.15, 0.2) is 29.6 Å². The maximum absolute atomic E-state index is 12.3. The Labute approximate surface area is 162 Å². The molecule has 1 amide bonds. The Kier molecular flexibility index (Phi) is 7.38. The predicted molar refractivity (Wildman–Crippen MR) is 104 cm³/mol. The summed E-state index contributed by atoms with van der Waals surface area (Å²) in [6.45, 7) is 5.86. The summed E-state index contributed by atoms with van der Waals surface area (Å²) in [6.07, 6.45) is 0.715. The Hall–Kier alpha value is -2.85. The average Bonchev–Trinajstić information content (AvgIpc) is 3.01. The topological polar surface area (TPSA) is 88.4 Å². The highest BCUT2D eigenvalue weighted by atomic mass is 32.1. The first-order chi connectivity index (χ1) is 13.0. The molecule has 0 fully saturated rings. The van der Waals surface area contributed by atoms with Crippen LogP contribution in [0.1, 0.15) is 42.3 Å². The number of anilines is 1. The molecule has 142 valence electrons. The number of amides is 1. The number of esters is 1. The van der Waals surface area contributed by atoms with Gasteiger partial charge in [0.1, 0.15) is 16.8 Å². The van der Waals surface area contributed by atoms with Crippen molar-refractivity contribution in [3.05, 3.63) is 46.3 Å².